The van der Waals surface area contributed by atoms with Crippen LogP contribution in [0.4, 0.5) is 5.69 Å². The number of hydrazine groups is 1. The first-order valence-corrected chi connectivity index (χ1v) is 8.78. The second kappa shape index (κ2) is 9.85. The summed E-state index contributed by atoms with van der Waals surface area (Å²) in [5.41, 5.74) is 6.99. The molecule has 6 nitrogen and oxygen atoms in total. The van der Waals surface area contributed by atoms with E-state index in [0.717, 1.165) is 5.56 Å². The minimum absolute atomic E-state index is 0.156. The van der Waals surface area contributed by atoms with Crippen molar-refractivity contribution in [2.45, 2.75) is 13.8 Å². The quantitative estimate of drug-likeness (QED) is 0.481. The molecular weight excluding hydrogens is 389 g/mol. The third-order valence-corrected chi connectivity index (χ3v) is 3.84. The van der Waals surface area contributed by atoms with Gasteiger partial charge >= 0.3 is 0 Å². The highest BCUT2D eigenvalue weighted by molar-refractivity contribution is 6.36. The number of hydrogen-bond donors (Lipinski definition) is 3. The average Bonchev–Trinajstić information content (AvgIpc) is 2.60. The Morgan fingerprint density at radius 1 is 1.11 bits per heavy atom. The Balaban J connectivity index is 1.78. The molecule has 0 heterocycles. The molecule has 2 aromatic carbocycles. The van der Waals surface area contributed by atoms with Gasteiger partial charge in [-0.2, -0.15) is 0 Å². The van der Waals surface area contributed by atoms with Gasteiger partial charge in [-0.25, -0.2) is 0 Å². The van der Waals surface area contributed by atoms with E-state index < -0.39 is 5.91 Å². The number of hydrogen-bond acceptors (Lipinski definition) is 4. The van der Waals surface area contributed by atoms with Gasteiger partial charge in [0.25, 0.3) is 5.91 Å². The van der Waals surface area contributed by atoms with Crippen molar-refractivity contribution in [1.82, 2.24) is 10.9 Å². The van der Waals surface area contributed by atoms with Crippen LogP contribution in [-0.4, -0.2) is 18.4 Å². The molecule has 0 aliphatic rings. The van der Waals surface area contributed by atoms with Crippen LogP contribution in [0.25, 0.3) is 0 Å². The number of rotatable bonds is 7. The number of carbonyl (C=O) groups excluding carboxylic acids is 2. The minimum atomic E-state index is -0.408. The average molecular weight is 408 g/mol. The van der Waals surface area contributed by atoms with Crippen LogP contribution in [0, 0.1) is 6.92 Å². The number of aryl methyl sites for hydroxylation is 1. The SMILES string of the molecule is C/C(=C\C(=O)Nc1ccc(Cl)cc1Cl)NNC(=O)COc1cccc(C)c1. The molecule has 0 bridgehead atoms. The molecule has 3 N–H and O–H groups in total. The van der Waals surface area contributed by atoms with Gasteiger partial charge in [-0.1, -0.05) is 35.3 Å². The van der Waals surface area contributed by atoms with Crippen LogP contribution in [-0.2, 0) is 9.59 Å². The number of allylic oxidation sites excluding steroid dienone is 1. The third kappa shape index (κ3) is 7.21. The molecule has 2 rings (SSSR count). The number of ether oxygens (including phenoxy) is 1. The molecule has 27 heavy (non-hydrogen) atoms. The highest BCUT2D eigenvalue weighted by Gasteiger charge is 2.06. The van der Waals surface area contributed by atoms with Crippen LogP contribution in [0.1, 0.15) is 12.5 Å². The lowest BCUT2D eigenvalue weighted by molar-refractivity contribution is -0.124. The van der Waals surface area contributed by atoms with Gasteiger partial charge in [-0.05, 0) is 49.7 Å². The zero-order valence-corrected chi connectivity index (χ0v) is 16.3. The molecule has 0 spiro atoms. The van der Waals surface area contributed by atoms with E-state index in [2.05, 4.69) is 16.2 Å². The van der Waals surface area contributed by atoms with Gasteiger partial charge in [0.05, 0.1) is 10.7 Å². The topological polar surface area (TPSA) is 79.5 Å². The first kappa shape index (κ1) is 20.6. The largest absolute Gasteiger partial charge is 0.484 e. The Bertz CT molecular complexity index is 869. The van der Waals surface area contributed by atoms with Crippen LogP contribution < -0.4 is 20.9 Å². The number of anilines is 1. The summed E-state index contributed by atoms with van der Waals surface area (Å²) in [6.07, 6.45) is 1.28. The maximum atomic E-state index is 12.0. The predicted octanol–water partition coefficient (Wildman–Crippen LogP) is 3.84. The van der Waals surface area contributed by atoms with E-state index in [4.69, 9.17) is 27.9 Å². The van der Waals surface area contributed by atoms with E-state index in [-0.39, 0.29) is 12.5 Å². The van der Waals surface area contributed by atoms with Crippen molar-refractivity contribution in [3.63, 3.8) is 0 Å². The summed E-state index contributed by atoms with van der Waals surface area (Å²) in [4.78, 5) is 23.8. The maximum Gasteiger partial charge on any atom is 0.276 e. The smallest absolute Gasteiger partial charge is 0.276 e. The lowest BCUT2D eigenvalue weighted by Crippen LogP contribution is -2.39. The Morgan fingerprint density at radius 2 is 1.89 bits per heavy atom. The fraction of sp³-hybridized carbons (Fsp3) is 0.158. The van der Waals surface area contributed by atoms with Gasteiger partial charge in [0, 0.05) is 16.8 Å². The van der Waals surface area contributed by atoms with Gasteiger partial charge in [-0.15, -0.1) is 0 Å². The molecule has 0 atom stereocenters. The van der Waals surface area contributed by atoms with E-state index in [9.17, 15) is 9.59 Å². The van der Waals surface area contributed by atoms with Gasteiger partial charge < -0.3 is 15.5 Å². The van der Waals surface area contributed by atoms with Crippen LogP contribution in [0.15, 0.2) is 54.2 Å². The van der Waals surface area contributed by atoms with Crippen molar-refractivity contribution in [1.29, 1.82) is 0 Å². The van der Waals surface area contributed by atoms with Crippen LogP contribution >= 0.6 is 23.2 Å². The molecule has 0 aromatic heterocycles. The number of carbonyl (C=O) groups is 2. The van der Waals surface area contributed by atoms with Gasteiger partial charge in [-0.3, -0.25) is 15.0 Å². The highest BCUT2D eigenvalue weighted by atomic mass is 35.5. The molecule has 0 radical (unpaired) electrons. The molecule has 0 unspecified atom stereocenters. The molecule has 0 aliphatic carbocycles. The number of nitrogens with one attached hydrogen (secondary N) is 3. The molecule has 142 valence electrons. The third-order valence-electron chi connectivity index (χ3n) is 3.30. The molecule has 2 amide bonds. The van der Waals surface area contributed by atoms with Gasteiger partial charge in [0.15, 0.2) is 6.61 Å². The predicted molar refractivity (Wildman–Crippen MR) is 107 cm³/mol. The monoisotopic (exact) mass is 407 g/mol. The van der Waals surface area contributed by atoms with E-state index >= 15 is 0 Å². The second-order valence-corrected chi connectivity index (χ2v) is 6.56. The molecule has 0 aliphatic heterocycles. The Kier molecular flexibility index (Phi) is 7.52. The Labute approximate surface area is 167 Å². The van der Waals surface area contributed by atoms with Crippen molar-refractivity contribution in [2.75, 3.05) is 11.9 Å². The summed E-state index contributed by atoms with van der Waals surface area (Å²) >= 11 is 11.8. The van der Waals surface area contributed by atoms with Crippen molar-refractivity contribution < 1.29 is 14.3 Å². The molecular formula is C19H19Cl2N3O3. The van der Waals surface area contributed by atoms with Gasteiger partial charge in [0.1, 0.15) is 5.75 Å². The van der Waals surface area contributed by atoms with Crippen LogP contribution in [0.2, 0.25) is 10.0 Å². The number of benzene rings is 2. The Morgan fingerprint density at radius 3 is 2.59 bits per heavy atom. The van der Waals surface area contributed by atoms with E-state index in [1.807, 2.05) is 25.1 Å². The fourth-order valence-corrected chi connectivity index (χ4v) is 2.51. The van der Waals surface area contributed by atoms with E-state index in [1.165, 1.54) is 12.1 Å². The molecule has 0 saturated heterocycles. The summed E-state index contributed by atoms with van der Waals surface area (Å²) in [7, 11) is 0. The highest BCUT2D eigenvalue weighted by Crippen LogP contribution is 2.25. The first-order chi connectivity index (χ1) is 12.8. The lowest BCUT2D eigenvalue weighted by atomic mass is 10.2. The first-order valence-electron chi connectivity index (χ1n) is 8.02. The van der Waals surface area contributed by atoms with E-state index in [1.54, 1.807) is 25.1 Å². The molecule has 0 fully saturated rings. The number of halogens is 2. The zero-order chi connectivity index (χ0) is 19.8. The van der Waals surface area contributed by atoms with E-state index in [0.29, 0.717) is 27.2 Å². The minimum Gasteiger partial charge on any atom is -0.484 e. The fourth-order valence-electron chi connectivity index (χ4n) is 2.05. The zero-order valence-electron chi connectivity index (χ0n) is 14.8. The van der Waals surface area contributed by atoms with Gasteiger partial charge in [0.2, 0.25) is 5.91 Å². The normalized spacial score (nSPS) is 10.9. The molecule has 0 saturated carbocycles. The molecule has 2 aromatic rings. The van der Waals surface area contributed by atoms with Crippen molar-refractivity contribution in [2.24, 2.45) is 0 Å². The summed E-state index contributed by atoms with van der Waals surface area (Å²) in [6, 6.07) is 12.1. The summed E-state index contributed by atoms with van der Waals surface area (Å²) in [5.74, 6) is -0.184. The molecule has 8 heteroatoms. The van der Waals surface area contributed by atoms with Crippen molar-refractivity contribution in [3.8, 4) is 5.75 Å². The van der Waals surface area contributed by atoms with Crippen molar-refractivity contribution in [3.05, 3.63) is 69.8 Å². The standard InChI is InChI=1S/C19H19Cl2N3O3/c1-12-4-3-5-15(8-12)27-11-19(26)24-23-13(2)9-18(25)22-17-7-6-14(20)10-16(17)21/h3-10,23H,11H2,1-2H3,(H,22,25)(H,24,26)/b13-9+. The van der Waals surface area contributed by atoms with Crippen LogP contribution in [0.5, 0.6) is 5.75 Å². The van der Waals surface area contributed by atoms with Crippen LogP contribution in [0.3, 0.4) is 0 Å². The lowest BCUT2D eigenvalue weighted by Gasteiger charge is -2.10. The maximum absolute atomic E-state index is 12.0. The summed E-state index contributed by atoms with van der Waals surface area (Å²) in [5, 5.41) is 3.43. The summed E-state index contributed by atoms with van der Waals surface area (Å²) < 4.78 is 5.39. The Hall–Kier alpha value is -2.70. The second-order valence-electron chi connectivity index (χ2n) is 5.72. The number of amides is 2. The van der Waals surface area contributed by atoms with Crippen molar-refractivity contribution >= 4 is 40.7 Å². The summed E-state index contributed by atoms with van der Waals surface area (Å²) in [6.45, 7) is 3.41.